The number of ether oxygens (including phenoxy) is 1. The van der Waals surface area contributed by atoms with Crippen molar-refractivity contribution in [3.8, 4) is 0 Å². The van der Waals surface area contributed by atoms with Gasteiger partial charge in [-0.1, -0.05) is 45.8 Å². The van der Waals surface area contributed by atoms with Crippen LogP contribution in [0.5, 0.6) is 0 Å². The van der Waals surface area contributed by atoms with Crippen molar-refractivity contribution in [2.75, 3.05) is 26.8 Å². The zero-order chi connectivity index (χ0) is 15.8. The zero-order valence-corrected chi connectivity index (χ0v) is 14.8. The Labute approximate surface area is 141 Å². The fraction of sp³-hybridized carbons (Fsp3) is 0.471. The van der Waals surface area contributed by atoms with E-state index in [2.05, 4.69) is 56.7 Å². The second-order valence-corrected chi connectivity index (χ2v) is 6.18. The second-order valence-electron chi connectivity index (χ2n) is 5.32. The molecule has 1 heterocycles. The predicted octanol–water partition coefficient (Wildman–Crippen LogP) is 3.41. The molecule has 0 aromatic heterocycles. The molecule has 0 radical (unpaired) electrons. The number of aliphatic imine (C=N–C) groups is 1. The van der Waals surface area contributed by atoms with Gasteiger partial charge in [0.15, 0.2) is 5.96 Å². The molecule has 2 rings (SSSR count). The Bertz CT molecular complexity index is 542. The SMILES string of the molecule is CN=C(NCCC1=CCOCC1)NC(C)c1ccccc1Br. The molecule has 1 aliphatic heterocycles. The molecule has 120 valence electrons. The van der Waals surface area contributed by atoms with Gasteiger partial charge in [0.2, 0.25) is 0 Å². The highest BCUT2D eigenvalue weighted by atomic mass is 79.9. The van der Waals surface area contributed by atoms with Crippen molar-refractivity contribution in [2.24, 2.45) is 4.99 Å². The van der Waals surface area contributed by atoms with Gasteiger partial charge in [0.1, 0.15) is 0 Å². The van der Waals surface area contributed by atoms with E-state index >= 15 is 0 Å². The van der Waals surface area contributed by atoms with Crippen molar-refractivity contribution in [3.05, 3.63) is 46.0 Å². The largest absolute Gasteiger partial charge is 0.377 e. The molecule has 0 fully saturated rings. The number of halogens is 1. The van der Waals surface area contributed by atoms with Gasteiger partial charge in [-0.15, -0.1) is 0 Å². The lowest BCUT2D eigenvalue weighted by atomic mass is 10.1. The number of benzene rings is 1. The van der Waals surface area contributed by atoms with Crippen LogP contribution in [0.2, 0.25) is 0 Å². The van der Waals surface area contributed by atoms with Crippen molar-refractivity contribution in [3.63, 3.8) is 0 Å². The normalized spacial score (nSPS) is 16.9. The van der Waals surface area contributed by atoms with Crippen LogP contribution in [0.3, 0.4) is 0 Å². The number of rotatable bonds is 5. The molecule has 1 aromatic rings. The van der Waals surface area contributed by atoms with E-state index in [4.69, 9.17) is 4.74 Å². The summed E-state index contributed by atoms with van der Waals surface area (Å²) in [4.78, 5) is 4.30. The van der Waals surface area contributed by atoms with Crippen LogP contribution in [0.1, 0.15) is 31.4 Å². The van der Waals surface area contributed by atoms with E-state index < -0.39 is 0 Å². The fourth-order valence-electron chi connectivity index (χ4n) is 2.44. The van der Waals surface area contributed by atoms with E-state index in [1.165, 1.54) is 11.1 Å². The first-order valence-corrected chi connectivity index (χ1v) is 8.47. The third kappa shape index (κ3) is 5.14. The Morgan fingerprint density at radius 3 is 2.91 bits per heavy atom. The summed E-state index contributed by atoms with van der Waals surface area (Å²) in [6.45, 7) is 4.61. The van der Waals surface area contributed by atoms with E-state index in [1.807, 2.05) is 12.1 Å². The molecule has 0 saturated carbocycles. The molecular formula is C17H24BrN3O. The summed E-state index contributed by atoms with van der Waals surface area (Å²) in [6.07, 6.45) is 4.26. The molecule has 4 nitrogen and oxygen atoms in total. The maximum atomic E-state index is 5.32. The molecule has 1 aromatic carbocycles. The smallest absolute Gasteiger partial charge is 0.191 e. The first-order valence-electron chi connectivity index (χ1n) is 7.68. The van der Waals surface area contributed by atoms with E-state index in [0.717, 1.165) is 43.0 Å². The van der Waals surface area contributed by atoms with Crippen LogP contribution in [-0.4, -0.2) is 32.8 Å². The first kappa shape index (κ1) is 17.0. The first-order chi connectivity index (χ1) is 10.7. The van der Waals surface area contributed by atoms with Crippen molar-refractivity contribution in [1.29, 1.82) is 0 Å². The average Bonchev–Trinajstić information content (AvgIpc) is 2.55. The van der Waals surface area contributed by atoms with Gasteiger partial charge in [0.25, 0.3) is 0 Å². The van der Waals surface area contributed by atoms with Gasteiger partial charge in [-0.25, -0.2) is 0 Å². The van der Waals surface area contributed by atoms with E-state index in [9.17, 15) is 0 Å². The third-order valence-electron chi connectivity index (χ3n) is 3.74. The molecule has 5 heteroatoms. The van der Waals surface area contributed by atoms with Crippen LogP contribution in [0.4, 0.5) is 0 Å². The second kappa shape index (κ2) is 8.96. The lowest BCUT2D eigenvalue weighted by Crippen LogP contribution is -2.39. The maximum Gasteiger partial charge on any atom is 0.191 e. The minimum atomic E-state index is 0.184. The predicted molar refractivity (Wildman–Crippen MR) is 95.2 cm³/mol. The molecule has 0 aliphatic carbocycles. The molecule has 1 aliphatic rings. The summed E-state index contributed by atoms with van der Waals surface area (Å²) in [5.74, 6) is 0.830. The molecule has 2 N–H and O–H groups in total. The van der Waals surface area contributed by atoms with Gasteiger partial charge in [-0.2, -0.15) is 0 Å². The summed E-state index contributed by atoms with van der Waals surface area (Å²) in [5.41, 5.74) is 2.69. The summed E-state index contributed by atoms with van der Waals surface area (Å²) < 4.78 is 6.43. The van der Waals surface area contributed by atoms with Crippen LogP contribution in [0, 0.1) is 0 Å². The molecule has 1 atom stereocenters. The van der Waals surface area contributed by atoms with Crippen LogP contribution in [-0.2, 0) is 4.74 Å². The van der Waals surface area contributed by atoms with Crippen LogP contribution >= 0.6 is 15.9 Å². The number of hydrogen-bond donors (Lipinski definition) is 2. The minimum Gasteiger partial charge on any atom is -0.377 e. The Morgan fingerprint density at radius 1 is 1.41 bits per heavy atom. The quantitative estimate of drug-likeness (QED) is 0.477. The van der Waals surface area contributed by atoms with Gasteiger partial charge in [-0.3, -0.25) is 4.99 Å². The van der Waals surface area contributed by atoms with Crippen molar-refractivity contribution in [1.82, 2.24) is 10.6 Å². The number of guanidine groups is 1. The van der Waals surface area contributed by atoms with E-state index in [-0.39, 0.29) is 6.04 Å². The van der Waals surface area contributed by atoms with Gasteiger partial charge in [-0.05, 0) is 31.4 Å². The van der Waals surface area contributed by atoms with Gasteiger partial charge < -0.3 is 15.4 Å². The zero-order valence-electron chi connectivity index (χ0n) is 13.2. The lowest BCUT2D eigenvalue weighted by Gasteiger charge is -2.20. The molecule has 22 heavy (non-hydrogen) atoms. The van der Waals surface area contributed by atoms with Gasteiger partial charge in [0, 0.05) is 18.1 Å². The number of nitrogens with zero attached hydrogens (tertiary/aromatic N) is 1. The van der Waals surface area contributed by atoms with Crippen molar-refractivity contribution < 1.29 is 4.74 Å². The Balaban J connectivity index is 1.82. The molecule has 0 spiro atoms. The number of nitrogens with one attached hydrogen (secondary N) is 2. The Kier molecular flexibility index (Phi) is 6.93. The summed E-state index contributed by atoms with van der Waals surface area (Å²) in [5, 5.41) is 6.81. The van der Waals surface area contributed by atoms with Crippen molar-refractivity contribution >= 4 is 21.9 Å². The van der Waals surface area contributed by atoms with Crippen LogP contribution in [0.15, 0.2) is 45.4 Å². The van der Waals surface area contributed by atoms with E-state index in [0.29, 0.717) is 0 Å². The summed E-state index contributed by atoms with van der Waals surface area (Å²) >= 11 is 3.59. The topological polar surface area (TPSA) is 45.7 Å². The lowest BCUT2D eigenvalue weighted by molar-refractivity contribution is 0.153. The summed E-state index contributed by atoms with van der Waals surface area (Å²) in [6, 6.07) is 8.42. The Hall–Kier alpha value is -1.33. The highest BCUT2D eigenvalue weighted by Gasteiger charge is 2.10. The molecule has 0 amide bonds. The standard InChI is InChI=1S/C17H24BrN3O/c1-13(15-5-3-4-6-16(15)18)21-17(19-2)20-10-7-14-8-11-22-12-9-14/h3-6,8,13H,7,9-12H2,1-2H3,(H2,19,20,21). The highest BCUT2D eigenvalue weighted by molar-refractivity contribution is 9.10. The van der Waals surface area contributed by atoms with Gasteiger partial charge in [0.05, 0.1) is 19.3 Å². The fourth-order valence-corrected chi connectivity index (χ4v) is 3.07. The monoisotopic (exact) mass is 365 g/mol. The van der Waals surface area contributed by atoms with Crippen molar-refractivity contribution in [2.45, 2.75) is 25.8 Å². The van der Waals surface area contributed by atoms with E-state index in [1.54, 1.807) is 7.05 Å². The average molecular weight is 366 g/mol. The maximum absolute atomic E-state index is 5.32. The molecular weight excluding hydrogens is 342 g/mol. The van der Waals surface area contributed by atoms with Gasteiger partial charge >= 0.3 is 0 Å². The molecule has 1 unspecified atom stereocenters. The minimum absolute atomic E-state index is 0.184. The Morgan fingerprint density at radius 2 is 2.23 bits per heavy atom. The summed E-state index contributed by atoms with van der Waals surface area (Å²) in [7, 11) is 1.80. The molecule has 0 saturated heterocycles. The van der Waals surface area contributed by atoms with Crippen LogP contribution < -0.4 is 10.6 Å². The molecule has 0 bridgehead atoms. The number of hydrogen-bond acceptors (Lipinski definition) is 2. The highest BCUT2D eigenvalue weighted by Crippen LogP contribution is 2.22. The third-order valence-corrected chi connectivity index (χ3v) is 4.47. The van der Waals surface area contributed by atoms with Crippen LogP contribution in [0.25, 0.3) is 0 Å².